The predicted octanol–water partition coefficient (Wildman–Crippen LogP) is 8.97. The van der Waals surface area contributed by atoms with Crippen molar-refractivity contribution in [1.82, 2.24) is 0 Å². The maximum atomic E-state index is 2.73. The highest BCUT2D eigenvalue weighted by Gasteiger charge is 2.56. The van der Waals surface area contributed by atoms with E-state index in [-0.39, 0.29) is 0 Å². The molecular weight excluding hydrogens is 348 g/mol. The Kier molecular flexibility index (Phi) is 7.29. The lowest BCUT2D eigenvalue weighted by atomic mass is 9.49. The van der Waals surface area contributed by atoms with E-state index in [2.05, 4.69) is 45.1 Å². The van der Waals surface area contributed by atoms with Crippen LogP contribution in [0.5, 0.6) is 0 Å². The van der Waals surface area contributed by atoms with E-state index in [0.29, 0.717) is 5.41 Å². The number of rotatable bonds is 7. The Morgan fingerprint density at radius 1 is 0.828 bits per heavy atom. The van der Waals surface area contributed by atoms with Crippen LogP contribution in [0, 0.1) is 46.8 Å². The zero-order valence-corrected chi connectivity index (χ0v) is 19.8. The van der Waals surface area contributed by atoms with Crippen LogP contribution in [0.25, 0.3) is 0 Å². The van der Waals surface area contributed by atoms with E-state index in [1.54, 1.807) is 51.4 Å². The van der Waals surface area contributed by atoms with E-state index in [9.17, 15) is 0 Å². The van der Waals surface area contributed by atoms with E-state index >= 15 is 0 Å². The molecule has 0 amide bonds. The Labute approximate surface area is 182 Å². The third kappa shape index (κ3) is 4.43. The van der Waals surface area contributed by atoms with E-state index in [4.69, 9.17) is 0 Å². The summed E-state index contributed by atoms with van der Waals surface area (Å²) in [5, 5.41) is 0. The number of allylic oxidation sites excluding steroid dienone is 4. The Bertz CT molecular complexity index is 571. The molecule has 0 aliphatic heterocycles. The molecule has 0 heterocycles. The Balaban J connectivity index is 1.33. The molecule has 0 nitrogen and oxygen atoms in total. The minimum atomic E-state index is 0.681. The molecule has 0 bridgehead atoms. The molecule has 0 aromatic heterocycles. The monoisotopic (exact) mass is 396 g/mol. The summed E-state index contributed by atoms with van der Waals surface area (Å²) < 4.78 is 0. The highest BCUT2D eigenvalue weighted by molar-refractivity contribution is 5.06. The molecule has 0 N–H and O–H groups in total. The summed E-state index contributed by atoms with van der Waals surface area (Å²) in [6.07, 6.45) is 30.0. The molecule has 8 atom stereocenters. The van der Waals surface area contributed by atoms with Crippen LogP contribution in [0.2, 0.25) is 0 Å². The molecule has 0 spiro atoms. The molecule has 4 aliphatic carbocycles. The van der Waals surface area contributed by atoms with Crippen molar-refractivity contribution in [3.05, 3.63) is 24.3 Å². The van der Waals surface area contributed by atoms with Gasteiger partial charge in [-0.1, -0.05) is 57.9 Å². The van der Waals surface area contributed by atoms with Gasteiger partial charge in [0.1, 0.15) is 0 Å². The van der Waals surface area contributed by atoms with Crippen LogP contribution in [0.1, 0.15) is 111 Å². The van der Waals surface area contributed by atoms with Crippen LogP contribution in [-0.2, 0) is 0 Å². The first kappa shape index (κ1) is 21.7. The van der Waals surface area contributed by atoms with Crippen molar-refractivity contribution in [2.24, 2.45) is 46.8 Å². The van der Waals surface area contributed by atoms with Crippen LogP contribution in [-0.4, -0.2) is 0 Å². The molecule has 29 heavy (non-hydrogen) atoms. The average Bonchev–Trinajstić information content (AvgIpc) is 3.08. The number of unbranched alkanes of at least 4 members (excludes halogenated alkanes) is 1. The fourth-order valence-electron chi connectivity index (χ4n) is 8.78. The van der Waals surface area contributed by atoms with Crippen molar-refractivity contribution in [2.75, 3.05) is 0 Å². The third-order valence-electron chi connectivity index (χ3n) is 10.4. The summed E-state index contributed by atoms with van der Waals surface area (Å²) in [5.41, 5.74) is 0.681. The summed E-state index contributed by atoms with van der Waals surface area (Å²) in [6.45, 7) is 7.36. The third-order valence-corrected chi connectivity index (χ3v) is 10.4. The van der Waals surface area contributed by atoms with Crippen LogP contribution in [0.4, 0.5) is 0 Å². The van der Waals surface area contributed by atoms with Gasteiger partial charge in [-0.05, 0) is 124 Å². The lowest BCUT2D eigenvalue weighted by Gasteiger charge is -2.56. The number of hydrogen-bond donors (Lipinski definition) is 0. The molecule has 0 radical (unpaired) electrons. The first-order chi connectivity index (χ1) is 14.2. The van der Waals surface area contributed by atoms with Gasteiger partial charge in [-0.15, -0.1) is 0 Å². The number of hydrogen-bond acceptors (Lipinski definition) is 0. The summed E-state index contributed by atoms with van der Waals surface area (Å²) >= 11 is 0. The highest BCUT2D eigenvalue weighted by Crippen LogP contribution is 2.65. The Hall–Kier alpha value is -0.520. The largest absolute Gasteiger partial charge is 0.0848 e. The van der Waals surface area contributed by atoms with Crippen LogP contribution < -0.4 is 0 Å². The van der Waals surface area contributed by atoms with Gasteiger partial charge in [-0.25, -0.2) is 0 Å². The van der Waals surface area contributed by atoms with Gasteiger partial charge in [0.2, 0.25) is 0 Å². The van der Waals surface area contributed by atoms with Gasteiger partial charge in [0.15, 0.2) is 0 Å². The van der Waals surface area contributed by atoms with Crippen LogP contribution in [0.3, 0.4) is 0 Å². The molecule has 4 saturated carbocycles. The molecule has 0 aromatic rings. The van der Waals surface area contributed by atoms with Gasteiger partial charge in [0.05, 0.1) is 0 Å². The van der Waals surface area contributed by atoms with Gasteiger partial charge in [0.25, 0.3) is 0 Å². The van der Waals surface area contributed by atoms with Crippen LogP contribution in [0.15, 0.2) is 24.3 Å². The average molecular weight is 397 g/mol. The minimum absolute atomic E-state index is 0.681. The van der Waals surface area contributed by atoms with Gasteiger partial charge in [0, 0.05) is 0 Å². The van der Waals surface area contributed by atoms with E-state index in [1.165, 1.54) is 32.1 Å². The van der Waals surface area contributed by atoms with Crippen LogP contribution >= 0.6 is 0 Å². The molecule has 164 valence electrons. The van der Waals surface area contributed by atoms with Crippen molar-refractivity contribution in [1.29, 1.82) is 0 Å². The minimum Gasteiger partial charge on any atom is -0.0848 e. The first-order valence-electron chi connectivity index (χ1n) is 13.5. The van der Waals surface area contributed by atoms with E-state index in [1.807, 2.05) is 0 Å². The van der Waals surface area contributed by atoms with Gasteiger partial charge >= 0.3 is 0 Å². The molecule has 0 heteroatoms. The summed E-state index contributed by atoms with van der Waals surface area (Å²) in [6, 6.07) is 0. The fourth-order valence-corrected chi connectivity index (χ4v) is 8.78. The molecule has 4 rings (SSSR count). The lowest BCUT2D eigenvalue weighted by Crippen LogP contribution is -2.48. The topological polar surface area (TPSA) is 0 Å². The number of fused-ring (bicyclic) bond motifs is 5. The Morgan fingerprint density at radius 3 is 2.48 bits per heavy atom. The smallest absolute Gasteiger partial charge is 0.0266 e. The summed E-state index contributed by atoms with van der Waals surface area (Å²) in [5.74, 6) is 7.56. The Morgan fingerprint density at radius 2 is 1.66 bits per heavy atom. The molecule has 0 aromatic carbocycles. The van der Waals surface area contributed by atoms with E-state index in [0.717, 1.165) is 47.8 Å². The standard InChI is InChI=1S/C29H48/c1-4-6-7-8-9-10-11-12-24-15-18-28-27-17-14-23-21-22(5-2)13-16-25(23)26(27)19-20-29(24,28)3/h6-9,22-28H,4-5,10-21H2,1-3H3/b7-6?,9-8-/t22?,23?,24-,25?,26+,27+,28-,29+/m0/s1. The van der Waals surface area contributed by atoms with Crippen molar-refractivity contribution < 1.29 is 0 Å². The van der Waals surface area contributed by atoms with Gasteiger partial charge in [-0.2, -0.15) is 0 Å². The second kappa shape index (κ2) is 9.74. The van der Waals surface area contributed by atoms with Crippen molar-refractivity contribution in [3.63, 3.8) is 0 Å². The zero-order valence-electron chi connectivity index (χ0n) is 19.8. The van der Waals surface area contributed by atoms with Gasteiger partial charge in [-0.3, -0.25) is 0 Å². The SMILES string of the molecule is CCC=C/C=C\CCC[C@H]1CC[C@H]2[C@@H]3CCC4CC(CC)CCC4[C@H]3CC[C@]12C. The second-order valence-electron chi connectivity index (χ2n) is 11.5. The van der Waals surface area contributed by atoms with Gasteiger partial charge < -0.3 is 0 Å². The summed E-state index contributed by atoms with van der Waals surface area (Å²) in [4.78, 5) is 0. The van der Waals surface area contributed by atoms with E-state index < -0.39 is 0 Å². The maximum Gasteiger partial charge on any atom is -0.0266 e. The molecule has 4 fully saturated rings. The second-order valence-corrected chi connectivity index (χ2v) is 11.5. The highest BCUT2D eigenvalue weighted by atomic mass is 14.6. The fraction of sp³-hybridized carbons (Fsp3) is 0.862. The molecule has 3 unspecified atom stereocenters. The molecule has 4 aliphatic rings. The summed E-state index contributed by atoms with van der Waals surface area (Å²) in [7, 11) is 0. The molecular formula is C29H48. The van der Waals surface area contributed by atoms with Crippen molar-refractivity contribution >= 4 is 0 Å². The zero-order chi connectivity index (χ0) is 20.3. The predicted molar refractivity (Wildman–Crippen MR) is 127 cm³/mol. The quantitative estimate of drug-likeness (QED) is 0.297. The van der Waals surface area contributed by atoms with Crippen molar-refractivity contribution in [2.45, 2.75) is 111 Å². The molecule has 0 saturated heterocycles. The normalized spacial score (nSPS) is 44.7. The maximum absolute atomic E-state index is 2.73. The van der Waals surface area contributed by atoms with Crippen molar-refractivity contribution in [3.8, 4) is 0 Å². The first-order valence-corrected chi connectivity index (χ1v) is 13.5. The lowest BCUT2D eigenvalue weighted by molar-refractivity contribution is -0.0690.